The van der Waals surface area contributed by atoms with E-state index in [0.717, 1.165) is 17.9 Å². The lowest BCUT2D eigenvalue weighted by Crippen LogP contribution is -2.41. The van der Waals surface area contributed by atoms with Crippen LogP contribution in [-0.2, 0) is 11.3 Å². The smallest absolute Gasteiger partial charge is 0.242 e. The number of hydrogen-bond acceptors (Lipinski definition) is 3. The molecule has 7 heteroatoms. The van der Waals surface area contributed by atoms with Crippen molar-refractivity contribution in [2.24, 2.45) is 4.99 Å². The number of likely N-dealkylation sites (N-methyl/N-ethyl adjacent to an activating group) is 1. The molecule has 0 aliphatic rings. The molecule has 0 saturated carbocycles. The van der Waals surface area contributed by atoms with Gasteiger partial charge < -0.3 is 20.3 Å². The number of nitrogens with zero attached hydrogens (tertiary/aromatic N) is 2. The van der Waals surface area contributed by atoms with Gasteiger partial charge in [0.05, 0.1) is 6.54 Å². The Morgan fingerprint density at radius 3 is 2.32 bits per heavy atom. The zero-order chi connectivity index (χ0) is 19.3. The van der Waals surface area contributed by atoms with Crippen molar-refractivity contribution in [3.63, 3.8) is 0 Å². The topological polar surface area (TPSA) is 66.0 Å². The van der Waals surface area contributed by atoms with Crippen molar-refractivity contribution in [1.29, 1.82) is 0 Å². The molecule has 2 aromatic rings. The van der Waals surface area contributed by atoms with E-state index < -0.39 is 0 Å². The van der Waals surface area contributed by atoms with Crippen LogP contribution >= 0.6 is 24.0 Å². The summed E-state index contributed by atoms with van der Waals surface area (Å²) in [4.78, 5) is 18.4. The number of aliphatic imine (C=N–C) groups is 1. The molecule has 0 atom stereocenters. The number of benzene rings is 2. The molecule has 2 N–H and O–H groups in total. The van der Waals surface area contributed by atoms with Gasteiger partial charge in [-0.15, -0.1) is 24.0 Å². The minimum Gasteiger partial charge on any atom is -0.492 e. The van der Waals surface area contributed by atoms with Crippen molar-refractivity contribution >= 4 is 35.8 Å². The molecule has 0 unspecified atom stereocenters. The highest BCUT2D eigenvalue weighted by atomic mass is 127. The van der Waals surface area contributed by atoms with Crippen molar-refractivity contribution in [2.75, 3.05) is 33.3 Å². The Labute approximate surface area is 184 Å². The molecule has 28 heavy (non-hydrogen) atoms. The predicted molar refractivity (Wildman–Crippen MR) is 124 cm³/mol. The molecule has 2 aromatic carbocycles. The van der Waals surface area contributed by atoms with Crippen LogP contribution in [-0.4, -0.2) is 50.1 Å². The summed E-state index contributed by atoms with van der Waals surface area (Å²) >= 11 is 0. The molecule has 0 aromatic heterocycles. The molecule has 0 spiro atoms. The summed E-state index contributed by atoms with van der Waals surface area (Å²) in [5.41, 5.74) is 1.07. The first-order valence-corrected chi connectivity index (χ1v) is 9.17. The quantitative estimate of drug-likeness (QED) is 0.319. The summed E-state index contributed by atoms with van der Waals surface area (Å²) < 4.78 is 5.71. The van der Waals surface area contributed by atoms with Gasteiger partial charge in [-0.1, -0.05) is 48.5 Å². The van der Waals surface area contributed by atoms with E-state index in [9.17, 15) is 4.79 Å². The summed E-state index contributed by atoms with van der Waals surface area (Å²) in [6, 6.07) is 19.5. The summed E-state index contributed by atoms with van der Waals surface area (Å²) in [6.07, 6.45) is 0. The third-order valence-corrected chi connectivity index (χ3v) is 3.84. The molecule has 0 fully saturated rings. The SMILES string of the molecule is CCNC(=NCC(=O)NCc1ccccc1)N(C)CCOc1ccccc1.I. The van der Waals surface area contributed by atoms with Crippen LogP contribution in [0.5, 0.6) is 5.75 Å². The molecule has 0 saturated heterocycles. The van der Waals surface area contributed by atoms with Gasteiger partial charge in [-0.05, 0) is 24.6 Å². The van der Waals surface area contributed by atoms with Gasteiger partial charge in [0.25, 0.3) is 0 Å². The number of hydrogen-bond donors (Lipinski definition) is 2. The Hall–Kier alpha value is -2.29. The largest absolute Gasteiger partial charge is 0.492 e. The Bertz CT molecular complexity index is 711. The van der Waals surface area contributed by atoms with Crippen molar-refractivity contribution < 1.29 is 9.53 Å². The Kier molecular flexibility index (Phi) is 11.7. The second-order valence-electron chi connectivity index (χ2n) is 6.02. The number of rotatable bonds is 9. The van der Waals surface area contributed by atoms with Crippen LogP contribution in [0.25, 0.3) is 0 Å². The lowest BCUT2D eigenvalue weighted by molar-refractivity contribution is -0.119. The molecule has 0 bridgehead atoms. The first-order valence-electron chi connectivity index (χ1n) is 9.17. The molecule has 0 heterocycles. The number of para-hydroxylation sites is 1. The summed E-state index contributed by atoms with van der Waals surface area (Å²) in [5, 5.41) is 6.08. The van der Waals surface area contributed by atoms with E-state index in [2.05, 4.69) is 15.6 Å². The van der Waals surface area contributed by atoms with E-state index in [1.165, 1.54) is 0 Å². The van der Waals surface area contributed by atoms with Gasteiger partial charge in [-0.25, -0.2) is 4.99 Å². The van der Waals surface area contributed by atoms with Gasteiger partial charge in [0.2, 0.25) is 5.91 Å². The van der Waals surface area contributed by atoms with Crippen LogP contribution in [0.2, 0.25) is 0 Å². The van der Waals surface area contributed by atoms with Crippen LogP contribution in [0.3, 0.4) is 0 Å². The number of carbonyl (C=O) groups is 1. The van der Waals surface area contributed by atoms with E-state index in [1.807, 2.05) is 79.5 Å². The average Bonchev–Trinajstić information content (AvgIpc) is 2.71. The molecule has 6 nitrogen and oxygen atoms in total. The van der Waals surface area contributed by atoms with Gasteiger partial charge in [-0.2, -0.15) is 0 Å². The fourth-order valence-corrected chi connectivity index (χ4v) is 2.39. The molecule has 0 aliphatic carbocycles. The molecule has 152 valence electrons. The lowest BCUT2D eigenvalue weighted by atomic mass is 10.2. The second kappa shape index (κ2) is 13.8. The predicted octanol–water partition coefficient (Wildman–Crippen LogP) is 2.90. The van der Waals surface area contributed by atoms with Crippen molar-refractivity contribution in [1.82, 2.24) is 15.5 Å². The number of nitrogens with one attached hydrogen (secondary N) is 2. The van der Waals surface area contributed by atoms with E-state index in [0.29, 0.717) is 25.7 Å². The summed E-state index contributed by atoms with van der Waals surface area (Å²) in [5.74, 6) is 1.42. The highest BCUT2D eigenvalue weighted by Crippen LogP contribution is 2.07. The van der Waals surface area contributed by atoms with Gasteiger partial charge in [0.15, 0.2) is 5.96 Å². The number of carbonyl (C=O) groups excluding carboxylic acids is 1. The zero-order valence-electron chi connectivity index (χ0n) is 16.4. The van der Waals surface area contributed by atoms with Gasteiger partial charge in [0.1, 0.15) is 18.9 Å². The Balaban J connectivity index is 0.00000392. The highest BCUT2D eigenvalue weighted by Gasteiger charge is 2.07. The van der Waals surface area contributed by atoms with E-state index in [-0.39, 0.29) is 36.4 Å². The second-order valence-corrected chi connectivity index (χ2v) is 6.02. The monoisotopic (exact) mass is 496 g/mol. The number of amides is 1. The third kappa shape index (κ3) is 9.07. The Morgan fingerprint density at radius 2 is 1.68 bits per heavy atom. The van der Waals surface area contributed by atoms with Crippen molar-refractivity contribution in [2.45, 2.75) is 13.5 Å². The van der Waals surface area contributed by atoms with Crippen LogP contribution in [0.4, 0.5) is 0 Å². The number of halogens is 1. The van der Waals surface area contributed by atoms with Crippen molar-refractivity contribution in [3.8, 4) is 5.75 Å². The lowest BCUT2D eigenvalue weighted by Gasteiger charge is -2.22. The maximum absolute atomic E-state index is 12.1. The zero-order valence-corrected chi connectivity index (χ0v) is 18.8. The van der Waals surface area contributed by atoms with Crippen molar-refractivity contribution in [3.05, 3.63) is 66.2 Å². The maximum atomic E-state index is 12.1. The molecular formula is C21H29IN4O2. The maximum Gasteiger partial charge on any atom is 0.242 e. The molecule has 0 radical (unpaired) electrons. The van der Waals surface area contributed by atoms with Gasteiger partial charge >= 0.3 is 0 Å². The van der Waals surface area contributed by atoms with Crippen LogP contribution in [0.1, 0.15) is 12.5 Å². The first-order chi connectivity index (χ1) is 13.2. The molecular weight excluding hydrogens is 467 g/mol. The van der Waals surface area contributed by atoms with E-state index in [1.54, 1.807) is 0 Å². The number of ether oxygens (including phenoxy) is 1. The summed E-state index contributed by atoms with van der Waals surface area (Å²) in [7, 11) is 1.93. The van der Waals surface area contributed by atoms with Gasteiger partial charge in [-0.3, -0.25) is 4.79 Å². The van der Waals surface area contributed by atoms with Gasteiger partial charge in [0, 0.05) is 20.1 Å². The van der Waals surface area contributed by atoms with Crippen LogP contribution in [0, 0.1) is 0 Å². The molecule has 1 amide bonds. The molecule has 0 aliphatic heterocycles. The minimum atomic E-state index is -0.108. The fraction of sp³-hybridized carbons (Fsp3) is 0.333. The fourth-order valence-electron chi connectivity index (χ4n) is 2.39. The standard InChI is InChI=1S/C21H28N4O2.HI/c1-3-22-21(25(2)14-15-27-19-12-8-5-9-13-19)24-17-20(26)23-16-18-10-6-4-7-11-18;/h4-13H,3,14-17H2,1-2H3,(H,22,24)(H,23,26);1H. The highest BCUT2D eigenvalue weighted by molar-refractivity contribution is 14.0. The van der Waals surface area contributed by atoms with Crippen LogP contribution in [0.15, 0.2) is 65.7 Å². The van der Waals surface area contributed by atoms with Crippen LogP contribution < -0.4 is 15.4 Å². The average molecular weight is 496 g/mol. The van der Waals surface area contributed by atoms with E-state index in [4.69, 9.17) is 4.74 Å². The summed E-state index contributed by atoms with van der Waals surface area (Å²) in [6.45, 7) is 4.51. The normalized spacial score (nSPS) is 10.6. The Morgan fingerprint density at radius 1 is 1.04 bits per heavy atom. The molecule has 2 rings (SSSR count). The minimum absolute atomic E-state index is 0. The van der Waals surface area contributed by atoms with E-state index >= 15 is 0 Å². The first kappa shape index (κ1) is 23.7. The number of guanidine groups is 1. The third-order valence-electron chi connectivity index (χ3n) is 3.84.